The van der Waals surface area contributed by atoms with Crippen LogP contribution in [-0.4, -0.2) is 71.8 Å². The number of ether oxygens (including phenoxy) is 1. The summed E-state index contributed by atoms with van der Waals surface area (Å²) in [5.74, 6) is 0.309. The van der Waals surface area contributed by atoms with E-state index in [1.54, 1.807) is 0 Å². The fourth-order valence-electron chi connectivity index (χ4n) is 2.75. The number of amidine groups is 1. The summed E-state index contributed by atoms with van der Waals surface area (Å²) in [6.45, 7) is 9.13. The van der Waals surface area contributed by atoms with Gasteiger partial charge in [-0.3, -0.25) is 9.80 Å². The molecule has 0 aromatic carbocycles. The Balaban J connectivity index is 1.81. The van der Waals surface area contributed by atoms with Gasteiger partial charge in [0.1, 0.15) is 5.84 Å². The van der Waals surface area contributed by atoms with E-state index in [0.717, 1.165) is 32.8 Å². The van der Waals surface area contributed by atoms with Crippen molar-refractivity contribution >= 4 is 5.84 Å². The summed E-state index contributed by atoms with van der Waals surface area (Å²) in [5, 5.41) is 11.7. The Morgan fingerprint density at radius 2 is 2.25 bits per heavy atom. The first-order valence-electron chi connectivity index (χ1n) is 7.66. The van der Waals surface area contributed by atoms with Crippen LogP contribution in [0.5, 0.6) is 0 Å². The first-order valence-corrected chi connectivity index (χ1v) is 7.66. The molecule has 0 aromatic heterocycles. The van der Waals surface area contributed by atoms with E-state index in [4.69, 9.17) is 15.7 Å². The predicted molar refractivity (Wildman–Crippen MR) is 79.1 cm³/mol. The van der Waals surface area contributed by atoms with Gasteiger partial charge in [-0.15, -0.1) is 0 Å². The first kappa shape index (κ1) is 15.5. The first-order chi connectivity index (χ1) is 9.60. The summed E-state index contributed by atoms with van der Waals surface area (Å²) in [7, 11) is 0. The Morgan fingerprint density at radius 3 is 2.85 bits per heavy atom. The van der Waals surface area contributed by atoms with Crippen molar-refractivity contribution in [2.45, 2.75) is 51.3 Å². The number of nitrogens with two attached hydrogens (primary N) is 1. The van der Waals surface area contributed by atoms with Crippen molar-refractivity contribution < 1.29 is 9.94 Å². The molecule has 0 aromatic rings. The van der Waals surface area contributed by atoms with Gasteiger partial charge in [-0.25, -0.2) is 0 Å². The third kappa shape index (κ3) is 4.61. The van der Waals surface area contributed by atoms with Gasteiger partial charge >= 0.3 is 0 Å². The molecule has 2 rings (SSSR count). The molecule has 116 valence electrons. The summed E-state index contributed by atoms with van der Waals surface area (Å²) in [6.07, 6.45) is 3.42. The highest BCUT2D eigenvalue weighted by Gasteiger charge is 2.32. The van der Waals surface area contributed by atoms with Crippen molar-refractivity contribution in [2.24, 2.45) is 10.9 Å². The summed E-state index contributed by atoms with van der Waals surface area (Å²) in [4.78, 5) is 4.91. The molecule has 0 bridgehead atoms. The Labute approximate surface area is 121 Å². The van der Waals surface area contributed by atoms with Crippen LogP contribution in [0.3, 0.4) is 0 Å². The molecule has 1 aliphatic heterocycles. The van der Waals surface area contributed by atoms with E-state index in [9.17, 15) is 0 Å². The van der Waals surface area contributed by atoms with Crippen LogP contribution in [0.15, 0.2) is 5.16 Å². The zero-order chi connectivity index (χ0) is 14.5. The molecular formula is C14H28N4O2. The molecule has 0 amide bonds. The summed E-state index contributed by atoms with van der Waals surface area (Å²) >= 11 is 0. The van der Waals surface area contributed by atoms with E-state index in [-0.39, 0.29) is 6.10 Å². The second kappa shape index (κ2) is 7.24. The molecule has 2 aliphatic rings. The molecular weight excluding hydrogens is 256 g/mol. The largest absolute Gasteiger partial charge is 0.409 e. The van der Waals surface area contributed by atoms with E-state index in [0.29, 0.717) is 24.3 Å². The van der Waals surface area contributed by atoms with E-state index in [1.807, 2.05) is 0 Å². The topological polar surface area (TPSA) is 74.3 Å². The lowest BCUT2D eigenvalue weighted by atomic mass is 10.2. The van der Waals surface area contributed by atoms with Gasteiger partial charge in [-0.2, -0.15) is 0 Å². The molecule has 20 heavy (non-hydrogen) atoms. The molecule has 2 fully saturated rings. The molecule has 3 N–H and O–H groups in total. The summed E-state index contributed by atoms with van der Waals surface area (Å²) in [6, 6.07) is 1.24. The predicted octanol–water partition coefficient (Wildman–Crippen LogP) is 0.697. The number of nitrogens with zero attached hydrogens (tertiary/aromatic N) is 3. The van der Waals surface area contributed by atoms with Gasteiger partial charge in [-0.05, 0) is 26.7 Å². The Bertz CT molecular complexity index is 331. The van der Waals surface area contributed by atoms with E-state index < -0.39 is 0 Å². The lowest BCUT2D eigenvalue weighted by Crippen LogP contribution is -2.50. The molecule has 1 heterocycles. The van der Waals surface area contributed by atoms with Crippen molar-refractivity contribution in [1.82, 2.24) is 9.80 Å². The maximum Gasteiger partial charge on any atom is 0.140 e. The smallest absolute Gasteiger partial charge is 0.140 e. The quantitative estimate of drug-likeness (QED) is 0.311. The lowest BCUT2D eigenvalue weighted by molar-refractivity contribution is -0.0528. The molecule has 0 radical (unpaired) electrons. The van der Waals surface area contributed by atoms with Gasteiger partial charge in [-0.1, -0.05) is 5.16 Å². The van der Waals surface area contributed by atoms with Crippen LogP contribution >= 0.6 is 0 Å². The van der Waals surface area contributed by atoms with Crippen LogP contribution in [0, 0.1) is 0 Å². The minimum atomic E-state index is 0.277. The fraction of sp³-hybridized carbons (Fsp3) is 0.929. The molecule has 1 saturated heterocycles. The molecule has 1 unspecified atom stereocenters. The van der Waals surface area contributed by atoms with Crippen LogP contribution in [-0.2, 0) is 4.74 Å². The van der Waals surface area contributed by atoms with Crippen LogP contribution in [0.25, 0.3) is 0 Å². The summed E-state index contributed by atoms with van der Waals surface area (Å²) in [5.41, 5.74) is 5.57. The van der Waals surface area contributed by atoms with Gasteiger partial charge in [0, 0.05) is 44.7 Å². The normalized spacial score (nSPS) is 25.6. The van der Waals surface area contributed by atoms with Crippen molar-refractivity contribution in [1.29, 1.82) is 0 Å². The Morgan fingerprint density at radius 1 is 1.50 bits per heavy atom. The molecule has 0 spiro atoms. The van der Waals surface area contributed by atoms with Crippen LogP contribution < -0.4 is 5.73 Å². The Kier molecular flexibility index (Phi) is 5.63. The van der Waals surface area contributed by atoms with Gasteiger partial charge in [0.15, 0.2) is 0 Å². The highest BCUT2D eigenvalue weighted by Crippen LogP contribution is 2.27. The average Bonchev–Trinajstić information content (AvgIpc) is 3.27. The number of hydrogen-bond acceptors (Lipinski definition) is 5. The molecule has 6 heteroatoms. The zero-order valence-electron chi connectivity index (χ0n) is 12.7. The maximum atomic E-state index is 8.63. The third-order valence-electron chi connectivity index (χ3n) is 4.19. The zero-order valence-corrected chi connectivity index (χ0v) is 12.7. The minimum absolute atomic E-state index is 0.277. The average molecular weight is 284 g/mol. The second-order valence-electron chi connectivity index (χ2n) is 6.15. The van der Waals surface area contributed by atoms with E-state index >= 15 is 0 Å². The van der Waals surface area contributed by atoms with Crippen molar-refractivity contribution in [3.05, 3.63) is 0 Å². The molecule has 1 aliphatic carbocycles. The van der Waals surface area contributed by atoms with Crippen LogP contribution in [0.2, 0.25) is 0 Å². The molecule has 6 nitrogen and oxygen atoms in total. The number of oxime groups is 1. The monoisotopic (exact) mass is 284 g/mol. The highest BCUT2D eigenvalue weighted by atomic mass is 16.5. The van der Waals surface area contributed by atoms with Gasteiger partial charge in [0.25, 0.3) is 0 Å². The highest BCUT2D eigenvalue weighted by molar-refractivity contribution is 5.79. The molecule has 1 saturated carbocycles. The molecule has 1 atom stereocenters. The van der Waals surface area contributed by atoms with Gasteiger partial charge in [0.2, 0.25) is 0 Å². The van der Waals surface area contributed by atoms with Gasteiger partial charge in [0.05, 0.1) is 12.7 Å². The number of rotatable bonds is 7. The van der Waals surface area contributed by atoms with E-state index in [2.05, 4.69) is 28.8 Å². The van der Waals surface area contributed by atoms with E-state index in [1.165, 1.54) is 12.8 Å². The Hall–Kier alpha value is -0.850. The lowest BCUT2D eigenvalue weighted by Gasteiger charge is -2.37. The van der Waals surface area contributed by atoms with Gasteiger partial charge < -0.3 is 15.7 Å². The van der Waals surface area contributed by atoms with Crippen molar-refractivity contribution in [3.8, 4) is 0 Å². The maximum absolute atomic E-state index is 8.63. The standard InChI is InChI=1S/C14H28N4O2/c1-11(2)17-7-8-20-13(9-17)10-18(12-3-4-12)6-5-14(15)16-19/h11-13,19H,3-10H2,1-2H3,(H2,15,16). The van der Waals surface area contributed by atoms with Crippen LogP contribution in [0.1, 0.15) is 33.1 Å². The number of morpholine rings is 1. The third-order valence-corrected chi connectivity index (χ3v) is 4.19. The van der Waals surface area contributed by atoms with Crippen LogP contribution in [0.4, 0.5) is 0 Å². The SMILES string of the molecule is CC(C)N1CCOC(CN(CCC(N)=NO)C2CC2)C1. The second-order valence-corrected chi connectivity index (χ2v) is 6.15. The fourth-order valence-corrected chi connectivity index (χ4v) is 2.75. The van der Waals surface area contributed by atoms with Crippen molar-refractivity contribution in [2.75, 3.05) is 32.8 Å². The minimum Gasteiger partial charge on any atom is -0.409 e. The number of hydrogen-bond donors (Lipinski definition) is 2. The van der Waals surface area contributed by atoms with Crippen molar-refractivity contribution in [3.63, 3.8) is 0 Å². The summed E-state index contributed by atoms with van der Waals surface area (Å²) < 4.78 is 5.91.